The lowest BCUT2D eigenvalue weighted by atomic mass is 9.68. The minimum Gasteiger partial charge on any atom is -0.464 e. The third-order valence-electron chi connectivity index (χ3n) is 6.60. The van der Waals surface area contributed by atoms with Gasteiger partial charge < -0.3 is 10.1 Å². The van der Waals surface area contributed by atoms with E-state index in [9.17, 15) is 9.59 Å². The Kier molecular flexibility index (Phi) is 12.3. The van der Waals surface area contributed by atoms with Crippen LogP contribution in [0.25, 0.3) is 0 Å². The van der Waals surface area contributed by atoms with Gasteiger partial charge in [-0.2, -0.15) is 0 Å². The number of para-hydroxylation sites is 1. The number of amides is 1. The molecule has 1 aromatic heterocycles. The van der Waals surface area contributed by atoms with Gasteiger partial charge in [0.05, 0.1) is 12.8 Å². The molecule has 1 aromatic carbocycles. The van der Waals surface area contributed by atoms with Gasteiger partial charge in [-0.15, -0.1) is 11.3 Å². The standard InChI is InChI=1S/C31H36N2O3S.C2H6/c1-21(11-10-12-22(2)19-28(34)32-24-13-8-7-9-14-24)15-16-26-23(3)25(17-18-31(26,4)5)27-20-37-29(33-27)30(35)36-6;1-2/h7-16,19-20,25H,17-18H2,1-6H3,(H,32,34);1-2H3/b12-10+,16-15+,21-11+,22-19-;. The highest BCUT2D eigenvalue weighted by atomic mass is 32.1. The lowest BCUT2D eigenvalue weighted by Gasteiger charge is -2.37. The zero-order valence-corrected chi connectivity index (χ0v) is 25.3. The molecule has 3 rings (SSSR count). The van der Waals surface area contributed by atoms with E-state index in [-0.39, 0.29) is 23.2 Å². The van der Waals surface area contributed by atoms with E-state index in [0.717, 1.165) is 35.4 Å². The summed E-state index contributed by atoms with van der Waals surface area (Å²) in [5.41, 5.74) is 6.35. The summed E-state index contributed by atoms with van der Waals surface area (Å²) in [6.07, 6.45) is 13.9. The van der Waals surface area contributed by atoms with Crippen LogP contribution in [0.5, 0.6) is 0 Å². The minimum absolute atomic E-state index is 0.0554. The zero-order chi connectivity index (χ0) is 29.0. The van der Waals surface area contributed by atoms with E-state index in [1.807, 2.05) is 74.7 Å². The second-order valence-electron chi connectivity index (χ2n) is 9.99. The van der Waals surface area contributed by atoms with Crippen LogP contribution < -0.4 is 5.32 Å². The summed E-state index contributed by atoms with van der Waals surface area (Å²) >= 11 is 1.34. The highest BCUT2D eigenvalue weighted by Crippen LogP contribution is 2.47. The van der Waals surface area contributed by atoms with Crippen molar-refractivity contribution in [2.45, 2.75) is 67.2 Å². The van der Waals surface area contributed by atoms with Gasteiger partial charge in [0, 0.05) is 23.1 Å². The van der Waals surface area contributed by atoms with Gasteiger partial charge in [-0.1, -0.05) is 87.4 Å². The number of anilines is 1. The zero-order valence-electron chi connectivity index (χ0n) is 24.5. The Hall–Kier alpha value is -3.51. The number of carbonyl (C=O) groups excluding carboxylic acids is 2. The number of rotatable bonds is 8. The molecule has 0 saturated carbocycles. The normalized spacial score (nSPS) is 17.7. The molecule has 0 radical (unpaired) electrons. The molecule has 208 valence electrons. The Morgan fingerprint density at radius 3 is 2.46 bits per heavy atom. The first-order chi connectivity index (χ1) is 18.6. The van der Waals surface area contributed by atoms with E-state index in [2.05, 4.69) is 50.1 Å². The molecule has 1 aliphatic carbocycles. The summed E-state index contributed by atoms with van der Waals surface area (Å²) in [6.45, 7) is 14.7. The smallest absolute Gasteiger partial charge is 0.367 e. The van der Waals surface area contributed by atoms with E-state index in [4.69, 9.17) is 4.74 Å². The molecular weight excluding hydrogens is 504 g/mol. The molecule has 0 spiro atoms. The number of benzene rings is 1. The van der Waals surface area contributed by atoms with E-state index in [1.165, 1.54) is 29.6 Å². The molecule has 0 fully saturated rings. The molecule has 2 aromatic rings. The number of thiazole rings is 1. The molecule has 1 N–H and O–H groups in total. The molecule has 1 amide bonds. The number of methoxy groups -OCH3 is 1. The fourth-order valence-electron chi connectivity index (χ4n) is 4.51. The van der Waals surface area contributed by atoms with Crippen LogP contribution in [0.2, 0.25) is 0 Å². The van der Waals surface area contributed by atoms with Crippen molar-refractivity contribution in [1.29, 1.82) is 0 Å². The van der Waals surface area contributed by atoms with Crippen molar-refractivity contribution in [3.63, 3.8) is 0 Å². The first-order valence-corrected chi connectivity index (χ1v) is 14.3. The fraction of sp³-hybridized carbons (Fsp3) is 0.364. The molecule has 1 atom stereocenters. The van der Waals surface area contributed by atoms with Crippen molar-refractivity contribution in [3.8, 4) is 0 Å². The van der Waals surface area contributed by atoms with E-state index >= 15 is 0 Å². The number of aromatic nitrogens is 1. The summed E-state index contributed by atoms with van der Waals surface area (Å²) in [6, 6.07) is 9.41. The maximum absolute atomic E-state index is 12.2. The number of esters is 1. The van der Waals surface area contributed by atoms with Crippen molar-refractivity contribution in [2.24, 2.45) is 5.41 Å². The highest BCUT2D eigenvalue weighted by molar-refractivity contribution is 7.11. The average molecular weight is 547 g/mol. The van der Waals surface area contributed by atoms with Gasteiger partial charge in [-0.25, -0.2) is 9.78 Å². The minimum atomic E-state index is -0.384. The van der Waals surface area contributed by atoms with Gasteiger partial charge in [0.25, 0.3) is 0 Å². The van der Waals surface area contributed by atoms with E-state index in [1.54, 1.807) is 6.08 Å². The quantitative estimate of drug-likeness (QED) is 0.204. The summed E-state index contributed by atoms with van der Waals surface area (Å²) in [5, 5.41) is 5.24. The Morgan fingerprint density at radius 1 is 1.10 bits per heavy atom. The lowest BCUT2D eigenvalue weighted by molar-refractivity contribution is -0.111. The van der Waals surface area contributed by atoms with Crippen molar-refractivity contribution in [1.82, 2.24) is 4.98 Å². The monoisotopic (exact) mass is 546 g/mol. The first kappa shape index (κ1) is 31.7. The van der Waals surface area contributed by atoms with E-state index in [0.29, 0.717) is 5.01 Å². The predicted molar refractivity (Wildman–Crippen MR) is 164 cm³/mol. The van der Waals surface area contributed by atoms with Gasteiger partial charge in [0.1, 0.15) is 0 Å². The van der Waals surface area contributed by atoms with Gasteiger partial charge in [0.2, 0.25) is 10.9 Å². The number of nitrogens with one attached hydrogen (secondary N) is 1. The number of hydrogen-bond acceptors (Lipinski definition) is 5. The van der Waals surface area contributed by atoms with Crippen LogP contribution >= 0.6 is 11.3 Å². The van der Waals surface area contributed by atoms with Gasteiger partial charge in [-0.05, 0) is 62.3 Å². The third kappa shape index (κ3) is 9.32. The third-order valence-corrected chi connectivity index (χ3v) is 7.45. The van der Waals surface area contributed by atoms with Crippen LogP contribution in [0.4, 0.5) is 5.69 Å². The highest BCUT2D eigenvalue weighted by Gasteiger charge is 2.33. The Morgan fingerprint density at radius 2 is 1.79 bits per heavy atom. The largest absolute Gasteiger partial charge is 0.464 e. The number of hydrogen-bond donors (Lipinski definition) is 1. The van der Waals surface area contributed by atoms with Crippen LogP contribution in [-0.4, -0.2) is 24.0 Å². The van der Waals surface area contributed by atoms with Crippen LogP contribution in [0, 0.1) is 5.41 Å². The summed E-state index contributed by atoms with van der Waals surface area (Å²) in [5.74, 6) is -0.338. The van der Waals surface area contributed by atoms with Crippen LogP contribution in [0.15, 0.2) is 94.5 Å². The molecule has 0 saturated heterocycles. The predicted octanol–water partition coefficient (Wildman–Crippen LogP) is 8.82. The molecule has 1 unspecified atom stereocenters. The number of carbonyl (C=O) groups is 2. The molecular formula is C33H42N2O3S. The maximum atomic E-state index is 12.2. The van der Waals surface area contributed by atoms with Crippen LogP contribution in [0.3, 0.4) is 0 Å². The fourth-order valence-corrected chi connectivity index (χ4v) is 5.30. The summed E-state index contributed by atoms with van der Waals surface area (Å²) in [7, 11) is 1.38. The molecule has 1 heterocycles. The first-order valence-electron chi connectivity index (χ1n) is 13.4. The molecule has 6 heteroatoms. The Balaban J connectivity index is 0.00000260. The lowest BCUT2D eigenvalue weighted by Crippen LogP contribution is -2.23. The second kappa shape index (κ2) is 15.2. The number of nitrogens with zero attached hydrogens (tertiary/aromatic N) is 1. The topological polar surface area (TPSA) is 68.3 Å². The van der Waals surface area contributed by atoms with Crippen LogP contribution in [-0.2, 0) is 9.53 Å². The van der Waals surface area contributed by atoms with E-state index < -0.39 is 0 Å². The Labute approximate surface area is 238 Å². The van der Waals surface area contributed by atoms with Crippen molar-refractivity contribution >= 4 is 28.9 Å². The van der Waals surface area contributed by atoms with Crippen molar-refractivity contribution in [2.75, 3.05) is 12.4 Å². The Bertz CT molecular complexity index is 1280. The molecule has 39 heavy (non-hydrogen) atoms. The van der Waals surface area contributed by atoms with Gasteiger partial charge >= 0.3 is 5.97 Å². The van der Waals surface area contributed by atoms with Gasteiger partial charge in [-0.3, -0.25) is 4.79 Å². The van der Waals surface area contributed by atoms with Crippen molar-refractivity contribution < 1.29 is 14.3 Å². The second-order valence-corrected chi connectivity index (χ2v) is 10.8. The SMILES string of the molecule is CC.COC(=O)c1nc(C2CCC(C)(C)C(/C=C/C(C)=C/C=C/C(C)=C\C(=O)Nc3ccccc3)=C2C)cs1. The number of allylic oxidation sites excluding steroid dienone is 9. The summed E-state index contributed by atoms with van der Waals surface area (Å²) < 4.78 is 4.82. The maximum Gasteiger partial charge on any atom is 0.367 e. The average Bonchev–Trinajstić information content (AvgIpc) is 3.39. The van der Waals surface area contributed by atoms with Gasteiger partial charge in [0.15, 0.2) is 0 Å². The van der Waals surface area contributed by atoms with Crippen LogP contribution in [0.1, 0.15) is 82.7 Å². The molecule has 0 bridgehead atoms. The molecule has 0 aliphatic heterocycles. The summed E-state index contributed by atoms with van der Waals surface area (Å²) in [4.78, 5) is 28.6. The van der Waals surface area contributed by atoms with Crippen molar-refractivity contribution in [3.05, 3.63) is 105 Å². The molecule has 1 aliphatic rings. The molecule has 5 nitrogen and oxygen atoms in total. The number of ether oxygens (including phenoxy) is 1.